The zero-order valence-electron chi connectivity index (χ0n) is 9.06. The van der Waals surface area contributed by atoms with Crippen LogP contribution in [0.5, 0.6) is 0 Å². The lowest BCUT2D eigenvalue weighted by Crippen LogP contribution is -2.09. The molecule has 0 saturated carbocycles. The fraction of sp³-hybridized carbons (Fsp3) is 0.455. The minimum Gasteiger partial charge on any atom is -0.398 e. The Hall–Kier alpha value is -0.940. The summed E-state index contributed by atoms with van der Waals surface area (Å²) in [7, 11) is 0. The highest BCUT2D eigenvalue weighted by Crippen LogP contribution is 2.22. The molecule has 0 aliphatic heterocycles. The van der Waals surface area contributed by atoms with Gasteiger partial charge in [-0.2, -0.15) is 13.2 Å². The Morgan fingerprint density at radius 2 is 2.00 bits per heavy atom. The van der Waals surface area contributed by atoms with Crippen molar-refractivity contribution >= 4 is 17.3 Å². The Morgan fingerprint density at radius 1 is 1.29 bits per heavy atom. The van der Waals surface area contributed by atoms with Gasteiger partial charge in [-0.05, 0) is 18.6 Å². The van der Waals surface area contributed by atoms with Crippen molar-refractivity contribution in [3.63, 3.8) is 0 Å². The Balaban J connectivity index is 2.27. The van der Waals surface area contributed by atoms with Crippen molar-refractivity contribution in [2.24, 2.45) is 0 Å². The molecule has 0 aliphatic carbocycles. The van der Waals surface area contributed by atoms with Gasteiger partial charge in [0.15, 0.2) is 0 Å². The summed E-state index contributed by atoms with van der Waals surface area (Å²) in [6.45, 7) is 0.252. The molecule has 0 saturated heterocycles. The van der Waals surface area contributed by atoms with E-state index < -0.39 is 12.6 Å². The van der Waals surface area contributed by atoms with E-state index in [0.29, 0.717) is 10.7 Å². The molecule has 17 heavy (non-hydrogen) atoms. The molecule has 0 unspecified atom stereocenters. The van der Waals surface area contributed by atoms with Gasteiger partial charge in [0.25, 0.3) is 0 Å². The van der Waals surface area contributed by atoms with E-state index in [1.165, 1.54) is 0 Å². The van der Waals surface area contributed by atoms with Crippen LogP contribution in [0.2, 0.25) is 5.02 Å². The maximum Gasteiger partial charge on any atom is 0.389 e. The van der Waals surface area contributed by atoms with E-state index in [1.807, 2.05) is 0 Å². The van der Waals surface area contributed by atoms with Gasteiger partial charge in [0.2, 0.25) is 0 Å². The zero-order chi connectivity index (χ0) is 12.9. The lowest BCUT2D eigenvalue weighted by atomic mass is 10.2. The van der Waals surface area contributed by atoms with E-state index in [4.69, 9.17) is 22.1 Å². The molecule has 1 rings (SSSR count). The summed E-state index contributed by atoms with van der Waals surface area (Å²) in [5.41, 5.74) is 6.86. The van der Waals surface area contributed by atoms with Crippen molar-refractivity contribution in [3.8, 4) is 0 Å². The number of alkyl halides is 3. The molecule has 0 aliphatic rings. The van der Waals surface area contributed by atoms with Crippen LogP contribution in [0.3, 0.4) is 0 Å². The van der Waals surface area contributed by atoms with Crippen LogP contribution in [-0.4, -0.2) is 12.8 Å². The minimum atomic E-state index is -4.12. The predicted octanol–water partition coefficient (Wildman–Crippen LogP) is 3.78. The van der Waals surface area contributed by atoms with Gasteiger partial charge in [-0.15, -0.1) is 0 Å². The van der Waals surface area contributed by atoms with E-state index in [2.05, 4.69) is 0 Å². The van der Waals surface area contributed by atoms with Gasteiger partial charge < -0.3 is 10.5 Å². The molecule has 0 amide bonds. The van der Waals surface area contributed by atoms with Gasteiger partial charge in [-0.1, -0.05) is 17.7 Å². The Morgan fingerprint density at radius 3 is 2.59 bits per heavy atom. The van der Waals surface area contributed by atoms with E-state index in [0.717, 1.165) is 5.56 Å². The predicted molar refractivity (Wildman–Crippen MR) is 60.8 cm³/mol. The minimum absolute atomic E-state index is 0.0446. The van der Waals surface area contributed by atoms with Gasteiger partial charge in [-0.3, -0.25) is 0 Å². The molecule has 1 aromatic carbocycles. The molecule has 0 aromatic heterocycles. The number of anilines is 1. The summed E-state index contributed by atoms with van der Waals surface area (Å²) in [6.07, 6.45) is -5.00. The SMILES string of the molecule is Nc1cc(Cl)ccc1COCCCC(F)(F)F. The maximum absolute atomic E-state index is 11.8. The summed E-state index contributed by atoms with van der Waals surface area (Å²) >= 11 is 5.71. The van der Waals surface area contributed by atoms with Crippen LogP contribution in [0.1, 0.15) is 18.4 Å². The molecule has 96 valence electrons. The number of halogens is 4. The van der Waals surface area contributed by atoms with Gasteiger partial charge >= 0.3 is 6.18 Å². The van der Waals surface area contributed by atoms with E-state index in [1.54, 1.807) is 18.2 Å². The van der Waals surface area contributed by atoms with Crippen LogP contribution in [0.4, 0.5) is 18.9 Å². The first-order chi connectivity index (χ1) is 7.88. The molecule has 0 atom stereocenters. The maximum atomic E-state index is 11.8. The van der Waals surface area contributed by atoms with Crippen LogP contribution < -0.4 is 5.73 Å². The smallest absolute Gasteiger partial charge is 0.389 e. The number of rotatable bonds is 5. The molecule has 2 nitrogen and oxygen atoms in total. The van der Waals surface area contributed by atoms with Gasteiger partial charge in [0.1, 0.15) is 0 Å². The summed E-state index contributed by atoms with van der Waals surface area (Å²) in [5.74, 6) is 0. The summed E-state index contributed by atoms with van der Waals surface area (Å²) in [5, 5.41) is 0.517. The standard InChI is InChI=1S/C11H13ClF3NO/c12-9-3-2-8(10(16)6-9)7-17-5-1-4-11(13,14)15/h2-3,6H,1,4-5,7,16H2. The third kappa shape index (κ3) is 5.79. The highest BCUT2D eigenvalue weighted by molar-refractivity contribution is 6.30. The molecule has 0 bridgehead atoms. The first-order valence-electron chi connectivity index (χ1n) is 5.07. The fourth-order valence-corrected chi connectivity index (χ4v) is 1.43. The third-order valence-corrected chi connectivity index (χ3v) is 2.35. The normalized spacial score (nSPS) is 11.8. The fourth-order valence-electron chi connectivity index (χ4n) is 1.25. The summed E-state index contributed by atoms with van der Waals surface area (Å²) < 4.78 is 40.6. The quantitative estimate of drug-likeness (QED) is 0.651. The third-order valence-electron chi connectivity index (χ3n) is 2.11. The molecule has 6 heteroatoms. The number of benzene rings is 1. The second kappa shape index (κ2) is 6.12. The van der Waals surface area contributed by atoms with Crippen molar-refractivity contribution in [2.75, 3.05) is 12.3 Å². The number of hydrogen-bond acceptors (Lipinski definition) is 2. The van der Waals surface area contributed by atoms with Crippen LogP contribution in [0.25, 0.3) is 0 Å². The summed E-state index contributed by atoms with van der Waals surface area (Å²) in [4.78, 5) is 0. The van der Waals surface area contributed by atoms with Crippen molar-refractivity contribution in [2.45, 2.75) is 25.6 Å². The van der Waals surface area contributed by atoms with E-state index in [-0.39, 0.29) is 19.6 Å². The molecule has 0 spiro atoms. The second-order valence-corrected chi connectivity index (χ2v) is 4.05. The van der Waals surface area contributed by atoms with Crippen LogP contribution in [0.15, 0.2) is 18.2 Å². The summed E-state index contributed by atoms with van der Waals surface area (Å²) in [6, 6.07) is 4.93. The molecule has 0 fully saturated rings. The monoisotopic (exact) mass is 267 g/mol. The highest BCUT2D eigenvalue weighted by atomic mass is 35.5. The van der Waals surface area contributed by atoms with Crippen molar-refractivity contribution < 1.29 is 17.9 Å². The van der Waals surface area contributed by atoms with Gasteiger partial charge in [0.05, 0.1) is 6.61 Å². The molecule has 1 aromatic rings. The Kier molecular flexibility index (Phi) is 5.08. The average molecular weight is 268 g/mol. The van der Waals surface area contributed by atoms with Crippen LogP contribution in [0, 0.1) is 0 Å². The topological polar surface area (TPSA) is 35.2 Å². The molecular formula is C11H13ClF3NO. The lowest BCUT2D eigenvalue weighted by Gasteiger charge is -2.08. The second-order valence-electron chi connectivity index (χ2n) is 3.61. The van der Waals surface area contributed by atoms with Crippen LogP contribution in [-0.2, 0) is 11.3 Å². The van der Waals surface area contributed by atoms with Gasteiger partial charge in [-0.25, -0.2) is 0 Å². The highest BCUT2D eigenvalue weighted by Gasteiger charge is 2.25. The largest absolute Gasteiger partial charge is 0.398 e. The van der Waals surface area contributed by atoms with E-state index in [9.17, 15) is 13.2 Å². The number of nitrogen functional groups attached to an aromatic ring is 1. The molecular weight excluding hydrogens is 255 g/mol. The van der Waals surface area contributed by atoms with Crippen molar-refractivity contribution in [3.05, 3.63) is 28.8 Å². The zero-order valence-corrected chi connectivity index (χ0v) is 9.81. The average Bonchev–Trinajstić information content (AvgIpc) is 2.18. The lowest BCUT2D eigenvalue weighted by molar-refractivity contribution is -0.138. The Bertz CT molecular complexity index is 368. The molecule has 0 heterocycles. The number of hydrogen-bond donors (Lipinski definition) is 1. The molecule has 2 N–H and O–H groups in total. The number of ether oxygens (including phenoxy) is 1. The number of nitrogens with two attached hydrogens (primary N) is 1. The van der Waals surface area contributed by atoms with Crippen molar-refractivity contribution in [1.82, 2.24) is 0 Å². The Labute approximate surface area is 103 Å². The first kappa shape index (κ1) is 14.1. The van der Waals surface area contributed by atoms with Crippen LogP contribution >= 0.6 is 11.6 Å². The van der Waals surface area contributed by atoms with E-state index >= 15 is 0 Å². The van der Waals surface area contributed by atoms with Crippen molar-refractivity contribution in [1.29, 1.82) is 0 Å². The molecule has 0 radical (unpaired) electrons. The van der Waals surface area contributed by atoms with Gasteiger partial charge in [0, 0.05) is 29.3 Å². The first-order valence-corrected chi connectivity index (χ1v) is 5.45.